The third kappa shape index (κ3) is 1.73. The normalized spacial score (nSPS) is 11.7. The van der Waals surface area contributed by atoms with E-state index in [1.165, 1.54) is 0 Å². The second kappa shape index (κ2) is 4.43. The summed E-state index contributed by atoms with van der Waals surface area (Å²) in [6.45, 7) is 0.676. The molecule has 0 aliphatic carbocycles. The number of nitrogens with zero attached hydrogens (tertiary/aromatic N) is 4. The first-order chi connectivity index (χ1) is 9.85. The summed E-state index contributed by atoms with van der Waals surface area (Å²) in [4.78, 5) is 9.98. The Labute approximate surface area is 118 Å². The van der Waals surface area contributed by atoms with Gasteiger partial charge in [-0.2, -0.15) is 0 Å². The van der Waals surface area contributed by atoms with Crippen LogP contribution in [0.15, 0.2) is 42.3 Å². The summed E-state index contributed by atoms with van der Waals surface area (Å²) in [7, 11) is 0. The number of hydrogen-bond donors (Lipinski definition) is 1. The monoisotopic (exact) mass is 284 g/mol. The Morgan fingerprint density at radius 1 is 1.30 bits per heavy atom. The van der Waals surface area contributed by atoms with Crippen LogP contribution < -0.4 is 0 Å². The first kappa shape index (κ1) is 11.6. The molecule has 0 unspecified atom stereocenters. The van der Waals surface area contributed by atoms with Crippen LogP contribution in [0, 0.1) is 0 Å². The van der Waals surface area contributed by atoms with Crippen molar-refractivity contribution in [2.45, 2.75) is 13.2 Å². The molecule has 0 fully saturated rings. The van der Waals surface area contributed by atoms with E-state index < -0.39 is 0 Å². The number of hydrogen-bond acceptors (Lipinski definition) is 4. The lowest BCUT2D eigenvalue weighted by atomic mass is 10.2. The molecule has 0 aromatic carbocycles. The van der Waals surface area contributed by atoms with Gasteiger partial charge in [-0.15, -0.1) is 11.3 Å². The topological polar surface area (TPSA) is 55.4 Å². The van der Waals surface area contributed by atoms with E-state index in [0.29, 0.717) is 6.54 Å². The lowest BCUT2D eigenvalue weighted by Gasteiger charge is -2.00. The second-order valence-electron chi connectivity index (χ2n) is 4.64. The van der Waals surface area contributed by atoms with E-state index in [1.54, 1.807) is 17.5 Å². The Morgan fingerprint density at radius 3 is 3.10 bits per heavy atom. The van der Waals surface area contributed by atoms with Gasteiger partial charge in [0.2, 0.25) is 0 Å². The highest BCUT2D eigenvalue weighted by atomic mass is 32.1. The molecule has 100 valence electrons. The number of pyridine rings is 1. The number of imidazole rings is 1. The van der Waals surface area contributed by atoms with E-state index in [0.717, 1.165) is 27.3 Å². The van der Waals surface area contributed by atoms with E-state index in [1.807, 2.05) is 45.1 Å². The Kier molecular flexibility index (Phi) is 2.58. The van der Waals surface area contributed by atoms with Gasteiger partial charge in [-0.3, -0.25) is 4.40 Å². The highest BCUT2D eigenvalue weighted by molar-refractivity contribution is 7.15. The fraction of sp³-hybridized carbons (Fsp3) is 0.143. The zero-order chi connectivity index (χ0) is 13.5. The number of aliphatic hydroxyl groups excluding tert-OH is 1. The maximum absolute atomic E-state index is 9.44. The molecule has 0 saturated heterocycles. The molecule has 4 aromatic heterocycles. The summed E-state index contributed by atoms with van der Waals surface area (Å²) in [6, 6.07) is 3.87. The van der Waals surface area contributed by atoms with Gasteiger partial charge in [-0.05, 0) is 12.1 Å². The average molecular weight is 284 g/mol. The van der Waals surface area contributed by atoms with Crippen LogP contribution in [-0.4, -0.2) is 24.0 Å². The predicted molar refractivity (Wildman–Crippen MR) is 77.8 cm³/mol. The van der Waals surface area contributed by atoms with E-state index >= 15 is 0 Å². The third-order valence-electron chi connectivity index (χ3n) is 3.36. The number of aromatic nitrogens is 4. The van der Waals surface area contributed by atoms with Gasteiger partial charge >= 0.3 is 0 Å². The van der Waals surface area contributed by atoms with Crippen LogP contribution in [-0.2, 0) is 13.2 Å². The Bertz CT molecular complexity index is 860. The predicted octanol–water partition coefficient (Wildman–Crippen LogP) is 2.29. The minimum Gasteiger partial charge on any atom is -0.392 e. The number of fused-ring (bicyclic) bond motifs is 2. The maximum atomic E-state index is 9.44. The molecule has 6 heteroatoms. The van der Waals surface area contributed by atoms with E-state index in [4.69, 9.17) is 0 Å². The summed E-state index contributed by atoms with van der Waals surface area (Å²) < 4.78 is 4.05. The van der Waals surface area contributed by atoms with E-state index in [9.17, 15) is 5.11 Å². The summed E-state index contributed by atoms with van der Waals surface area (Å²) in [5.74, 6) is 0. The zero-order valence-electron chi connectivity index (χ0n) is 10.6. The van der Waals surface area contributed by atoms with Crippen molar-refractivity contribution in [2.75, 3.05) is 0 Å². The Morgan fingerprint density at radius 2 is 2.25 bits per heavy atom. The van der Waals surface area contributed by atoms with Gasteiger partial charge in [0.05, 0.1) is 18.8 Å². The van der Waals surface area contributed by atoms with E-state index in [2.05, 4.69) is 9.97 Å². The quantitative estimate of drug-likeness (QED) is 0.628. The molecule has 1 N–H and O–H groups in total. The Hall–Kier alpha value is -2.18. The first-order valence-corrected chi connectivity index (χ1v) is 7.18. The fourth-order valence-electron chi connectivity index (χ4n) is 2.47. The van der Waals surface area contributed by atoms with Gasteiger partial charge in [0.1, 0.15) is 5.65 Å². The van der Waals surface area contributed by atoms with Gasteiger partial charge in [0, 0.05) is 41.1 Å². The van der Waals surface area contributed by atoms with Crippen LogP contribution in [0.5, 0.6) is 0 Å². The van der Waals surface area contributed by atoms with E-state index in [-0.39, 0.29) is 6.61 Å². The molecule has 20 heavy (non-hydrogen) atoms. The van der Waals surface area contributed by atoms with Crippen molar-refractivity contribution in [3.05, 3.63) is 53.6 Å². The van der Waals surface area contributed by atoms with Crippen LogP contribution in [0.3, 0.4) is 0 Å². The summed E-state index contributed by atoms with van der Waals surface area (Å²) in [5.41, 5.74) is 2.77. The highest BCUT2D eigenvalue weighted by Crippen LogP contribution is 2.21. The molecule has 0 aliphatic heterocycles. The van der Waals surface area contributed by atoms with Gasteiger partial charge in [-0.1, -0.05) is 0 Å². The average Bonchev–Trinajstić information content (AvgIpc) is 3.12. The summed E-state index contributed by atoms with van der Waals surface area (Å²) >= 11 is 1.62. The first-order valence-electron chi connectivity index (χ1n) is 6.30. The zero-order valence-corrected chi connectivity index (χ0v) is 11.4. The van der Waals surface area contributed by atoms with Crippen molar-refractivity contribution in [3.8, 4) is 0 Å². The van der Waals surface area contributed by atoms with Crippen LogP contribution in [0.4, 0.5) is 0 Å². The standard InChI is InChI=1S/C14H12N4OS/c19-9-10-6-18(13-12(10)2-1-3-15-13)8-11-7-17-4-5-20-14(17)16-11/h1-7,19H,8-9H2. The molecule has 0 bridgehead atoms. The molecule has 4 rings (SSSR count). The Balaban J connectivity index is 1.80. The minimum absolute atomic E-state index is 0.0213. The summed E-state index contributed by atoms with van der Waals surface area (Å²) in [6.07, 6.45) is 7.75. The van der Waals surface area contributed by atoms with Gasteiger partial charge in [0.15, 0.2) is 4.96 Å². The molecule has 0 amide bonds. The molecule has 4 aromatic rings. The van der Waals surface area contributed by atoms with Crippen molar-refractivity contribution in [1.29, 1.82) is 0 Å². The van der Waals surface area contributed by atoms with Crippen molar-refractivity contribution in [3.63, 3.8) is 0 Å². The molecule has 0 spiro atoms. The van der Waals surface area contributed by atoms with Crippen molar-refractivity contribution >= 4 is 27.3 Å². The van der Waals surface area contributed by atoms with Crippen LogP contribution in [0.25, 0.3) is 16.0 Å². The molecular formula is C14H12N4OS. The summed E-state index contributed by atoms with van der Waals surface area (Å²) in [5, 5.41) is 12.4. The fourth-order valence-corrected chi connectivity index (χ4v) is 3.19. The lowest BCUT2D eigenvalue weighted by molar-refractivity contribution is 0.283. The van der Waals surface area contributed by atoms with Gasteiger partial charge in [0.25, 0.3) is 0 Å². The third-order valence-corrected chi connectivity index (χ3v) is 4.13. The van der Waals surface area contributed by atoms with Crippen molar-refractivity contribution < 1.29 is 5.11 Å². The number of aliphatic hydroxyl groups is 1. The molecule has 0 saturated carbocycles. The molecule has 0 aliphatic rings. The molecule has 4 heterocycles. The van der Waals surface area contributed by atoms with Crippen LogP contribution >= 0.6 is 11.3 Å². The van der Waals surface area contributed by atoms with Gasteiger partial charge in [-0.25, -0.2) is 9.97 Å². The van der Waals surface area contributed by atoms with Crippen LogP contribution in [0.1, 0.15) is 11.3 Å². The molecule has 0 atom stereocenters. The van der Waals surface area contributed by atoms with Crippen molar-refractivity contribution in [2.24, 2.45) is 0 Å². The molecule has 0 radical (unpaired) electrons. The number of thiazole rings is 1. The van der Waals surface area contributed by atoms with Gasteiger partial charge < -0.3 is 9.67 Å². The minimum atomic E-state index is 0.0213. The second-order valence-corrected chi connectivity index (χ2v) is 5.51. The molecule has 5 nitrogen and oxygen atoms in total. The SMILES string of the molecule is OCc1cn(Cc2cn3ccsc3n2)c2ncccc12. The van der Waals surface area contributed by atoms with Crippen LogP contribution in [0.2, 0.25) is 0 Å². The number of rotatable bonds is 3. The lowest BCUT2D eigenvalue weighted by Crippen LogP contribution is -1.99. The van der Waals surface area contributed by atoms with Crippen molar-refractivity contribution in [1.82, 2.24) is 18.9 Å². The molecular weight excluding hydrogens is 272 g/mol. The highest BCUT2D eigenvalue weighted by Gasteiger charge is 2.10. The maximum Gasteiger partial charge on any atom is 0.193 e. The smallest absolute Gasteiger partial charge is 0.193 e. The largest absolute Gasteiger partial charge is 0.392 e.